The predicted molar refractivity (Wildman–Crippen MR) is 45.6 cm³/mol. The highest BCUT2D eigenvalue weighted by Crippen LogP contribution is 2.59. The molecule has 0 fully saturated rings. The molecule has 0 bridgehead atoms. The van der Waals surface area contributed by atoms with Gasteiger partial charge < -0.3 is 4.52 Å². The molecule has 0 saturated heterocycles. The number of terminal acetylenes is 1. The van der Waals surface area contributed by atoms with E-state index in [1.807, 2.05) is 13.0 Å². The molecular weight excluding hydrogens is 159 g/mol. The minimum atomic E-state index is -2.50. The lowest BCUT2D eigenvalue weighted by molar-refractivity contribution is 0.400. The van der Waals surface area contributed by atoms with Crippen LogP contribution in [0.25, 0.3) is 0 Å². The lowest BCUT2D eigenvalue weighted by Crippen LogP contribution is -1.94. The topological polar surface area (TPSA) is 26.3 Å². The molecule has 1 aliphatic rings. The van der Waals surface area contributed by atoms with E-state index in [4.69, 9.17) is 10.9 Å². The Bertz CT molecular complexity index is 272. The molecule has 0 aromatic carbocycles. The molecule has 1 heterocycles. The summed E-state index contributed by atoms with van der Waals surface area (Å²) in [4.78, 5) is 0. The second-order valence-electron chi connectivity index (χ2n) is 2.62. The Morgan fingerprint density at radius 2 is 2.55 bits per heavy atom. The van der Waals surface area contributed by atoms with Crippen LogP contribution >= 0.6 is 7.37 Å². The second-order valence-corrected chi connectivity index (χ2v) is 5.40. The van der Waals surface area contributed by atoms with E-state index in [0.29, 0.717) is 6.16 Å². The molecule has 0 radical (unpaired) electrons. The lowest BCUT2D eigenvalue weighted by atomic mass is 10.2. The summed E-state index contributed by atoms with van der Waals surface area (Å²) in [6.45, 7) is 1.81. The van der Waals surface area contributed by atoms with Crippen LogP contribution < -0.4 is 0 Å². The van der Waals surface area contributed by atoms with Crippen LogP contribution in [-0.4, -0.2) is 13.3 Å². The van der Waals surface area contributed by atoms with Crippen molar-refractivity contribution in [2.24, 2.45) is 5.92 Å². The van der Waals surface area contributed by atoms with Crippen molar-refractivity contribution in [1.82, 2.24) is 0 Å². The Kier molecular flexibility index (Phi) is 2.23. The second kappa shape index (κ2) is 2.85. The molecular formula is C8H11O2P. The highest BCUT2D eigenvalue weighted by atomic mass is 31.2. The molecule has 0 aromatic heterocycles. The summed E-state index contributed by atoms with van der Waals surface area (Å²) in [5.74, 6) is 2.56. The van der Waals surface area contributed by atoms with Crippen molar-refractivity contribution in [2.45, 2.75) is 6.92 Å². The van der Waals surface area contributed by atoms with Gasteiger partial charge in [0.05, 0.1) is 0 Å². The Morgan fingerprint density at radius 1 is 1.91 bits per heavy atom. The molecule has 1 rings (SSSR count). The van der Waals surface area contributed by atoms with Crippen LogP contribution in [0.3, 0.4) is 0 Å². The van der Waals surface area contributed by atoms with Crippen LogP contribution in [0.1, 0.15) is 6.92 Å². The van der Waals surface area contributed by atoms with Crippen molar-refractivity contribution in [3.05, 3.63) is 11.4 Å². The van der Waals surface area contributed by atoms with Crippen LogP contribution in [0.15, 0.2) is 11.4 Å². The van der Waals surface area contributed by atoms with Crippen LogP contribution in [0, 0.1) is 18.3 Å². The molecule has 11 heavy (non-hydrogen) atoms. The van der Waals surface area contributed by atoms with Gasteiger partial charge in [0.15, 0.2) is 0 Å². The van der Waals surface area contributed by atoms with Gasteiger partial charge in [-0.1, -0.05) is 12.0 Å². The molecule has 0 saturated carbocycles. The van der Waals surface area contributed by atoms with Crippen molar-refractivity contribution in [1.29, 1.82) is 0 Å². The molecule has 2 nitrogen and oxygen atoms in total. The van der Waals surface area contributed by atoms with Crippen molar-refractivity contribution in [3.63, 3.8) is 0 Å². The number of hydrogen-bond acceptors (Lipinski definition) is 2. The summed E-state index contributed by atoms with van der Waals surface area (Å²) in [7, 11) is -1.03. The normalized spacial score (nSPS) is 36.5. The van der Waals surface area contributed by atoms with Crippen molar-refractivity contribution >= 4 is 7.37 Å². The summed E-state index contributed by atoms with van der Waals surface area (Å²) < 4.78 is 16.6. The van der Waals surface area contributed by atoms with Gasteiger partial charge in [0, 0.05) is 24.5 Å². The average Bonchev–Trinajstić information content (AvgIpc) is 2.29. The largest absolute Gasteiger partial charge is 0.329 e. The van der Waals surface area contributed by atoms with E-state index in [1.54, 1.807) is 0 Å². The van der Waals surface area contributed by atoms with Gasteiger partial charge in [-0.15, -0.1) is 6.42 Å². The van der Waals surface area contributed by atoms with Gasteiger partial charge in [0.1, 0.15) is 0 Å². The highest BCUT2D eigenvalue weighted by molar-refractivity contribution is 7.63. The maximum Gasteiger partial charge on any atom is 0.228 e. The van der Waals surface area contributed by atoms with Gasteiger partial charge in [0.25, 0.3) is 0 Å². The number of allylic oxidation sites excluding steroid dienone is 2. The zero-order valence-electron chi connectivity index (χ0n) is 6.70. The van der Waals surface area contributed by atoms with Crippen LogP contribution in [0.2, 0.25) is 0 Å². The Hall–Kier alpha value is -0.510. The quantitative estimate of drug-likeness (QED) is 0.445. The standard InChI is InChI=1S/C8H11O2P/c1-4-8-5-7(2)11(9,6-8)10-3/h1,5,8H,6H2,2-3H3. The smallest absolute Gasteiger partial charge is 0.228 e. The number of hydrogen-bond donors (Lipinski definition) is 0. The summed E-state index contributed by atoms with van der Waals surface area (Å²) in [5, 5.41) is 0.808. The average molecular weight is 170 g/mol. The third-order valence-corrected chi connectivity index (χ3v) is 4.61. The highest BCUT2D eigenvalue weighted by Gasteiger charge is 2.33. The summed E-state index contributed by atoms with van der Waals surface area (Å²) in [6, 6.07) is 0. The van der Waals surface area contributed by atoms with E-state index >= 15 is 0 Å². The first-order valence-corrected chi connectivity index (χ1v) is 5.23. The fraction of sp³-hybridized carbons (Fsp3) is 0.500. The van der Waals surface area contributed by atoms with Gasteiger partial charge in [0.2, 0.25) is 7.37 Å². The van der Waals surface area contributed by atoms with Crippen LogP contribution in [0.4, 0.5) is 0 Å². The Labute approximate surface area is 67.1 Å². The van der Waals surface area contributed by atoms with E-state index in [9.17, 15) is 4.57 Å². The first-order valence-electron chi connectivity index (χ1n) is 3.42. The minimum absolute atomic E-state index is 0.000725. The van der Waals surface area contributed by atoms with Crippen LogP contribution in [0.5, 0.6) is 0 Å². The van der Waals surface area contributed by atoms with E-state index in [1.165, 1.54) is 7.11 Å². The molecule has 2 atom stereocenters. The van der Waals surface area contributed by atoms with Gasteiger partial charge in [-0.3, -0.25) is 4.57 Å². The zero-order valence-corrected chi connectivity index (χ0v) is 7.60. The maximum atomic E-state index is 11.7. The van der Waals surface area contributed by atoms with E-state index < -0.39 is 7.37 Å². The van der Waals surface area contributed by atoms with Crippen molar-refractivity contribution in [3.8, 4) is 12.3 Å². The molecule has 0 aromatic rings. The SMILES string of the molecule is C#CC1C=C(C)P(=O)(OC)C1. The molecule has 0 N–H and O–H groups in total. The van der Waals surface area contributed by atoms with Crippen LogP contribution in [-0.2, 0) is 9.09 Å². The minimum Gasteiger partial charge on any atom is -0.329 e. The summed E-state index contributed by atoms with van der Waals surface area (Å²) in [5.41, 5.74) is 0. The van der Waals surface area contributed by atoms with Crippen molar-refractivity contribution < 1.29 is 9.09 Å². The van der Waals surface area contributed by atoms with Gasteiger partial charge >= 0.3 is 0 Å². The predicted octanol–water partition coefficient (Wildman–Crippen LogP) is 2.08. The van der Waals surface area contributed by atoms with Crippen molar-refractivity contribution in [2.75, 3.05) is 13.3 Å². The molecule has 3 heteroatoms. The monoisotopic (exact) mass is 170 g/mol. The molecule has 0 amide bonds. The Balaban J connectivity index is 2.90. The molecule has 1 aliphatic heterocycles. The fourth-order valence-electron chi connectivity index (χ4n) is 1.18. The zero-order chi connectivity index (χ0) is 8.48. The van der Waals surface area contributed by atoms with E-state index in [2.05, 4.69) is 5.92 Å². The van der Waals surface area contributed by atoms with Gasteiger partial charge in [-0.05, 0) is 6.92 Å². The van der Waals surface area contributed by atoms with E-state index in [-0.39, 0.29) is 5.92 Å². The van der Waals surface area contributed by atoms with Gasteiger partial charge in [-0.2, -0.15) is 0 Å². The summed E-state index contributed by atoms with van der Waals surface area (Å²) >= 11 is 0. The number of rotatable bonds is 1. The maximum absolute atomic E-state index is 11.7. The first kappa shape index (κ1) is 8.59. The molecule has 2 unspecified atom stereocenters. The molecule has 0 aliphatic carbocycles. The molecule has 60 valence electrons. The third-order valence-electron chi connectivity index (χ3n) is 1.93. The first-order chi connectivity index (χ1) is 5.12. The fourth-order valence-corrected chi connectivity index (χ4v) is 3.04. The lowest BCUT2D eigenvalue weighted by Gasteiger charge is -2.09. The van der Waals surface area contributed by atoms with Gasteiger partial charge in [-0.25, -0.2) is 0 Å². The third kappa shape index (κ3) is 1.40. The van der Waals surface area contributed by atoms with E-state index in [0.717, 1.165) is 5.31 Å². The summed E-state index contributed by atoms with van der Waals surface area (Å²) in [6.07, 6.45) is 7.53. The molecule has 0 spiro atoms. The Morgan fingerprint density at radius 3 is 2.82 bits per heavy atom.